The second-order valence-corrected chi connectivity index (χ2v) is 10.5. The number of hydrogen-bond donors (Lipinski definition) is 2. The molecule has 2 aliphatic carbocycles. The van der Waals surface area contributed by atoms with Crippen molar-refractivity contribution in [2.75, 3.05) is 33.2 Å². The maximum absolute atomic E-state index is 12.0. The van der Waals surface area contributed by atoms with Crippen LogP contribution in [0.4, 0.5) is 0 Å². The highest BCUT2D eigenvalue weighted by molar-refractivity contribution is 5.95. The molecule has 33 heavy (non-hydrogen) atoms. The lowest BCUT2D eigenvalue weighted by Gasteiger charge is -2.36. The fourth-order valence-corrected chi connectivity index (χ4v) is 6.56. The van der Waals surface area contributed by atoms with Crippen molar-refractivity contribution >= 4 is 5.71 Å². The number of piperidine rings is 1. The molecule has 0 radical (unpaired) electrons. The van der Waals surface area contributed by atoms with E-state index in [1.54, 1.807) is 0 Å². The molecule has 5 nitrogen and oxygen atoms in total. The standard InChI is InChI=1S/C28H37N3O2/c1-30(17-24-25-18-31(19-26(24)25)16-21-10-4-2-5-11-21)20-27(29-33)28(32,23-14-8-9-15-23)22-12-6-3-7-13-22/h2-7,10-13,23-26,32-33H,8-9,14-20H2,1H3. The van der Waals surface area contributed by atoms with Crippen LogP contribution < -0.4 is 0 Å². The van der Waals surface area contributed by atoms with Crippen LogP contribution in [0.5, 0.6) is 0 Å². The summed E-state index contributed by atoms with van der Waals surface area (Å²) < 4.78 is 0. The van der Waals surface area contributed by atoms with E-state index in [0.717, 1.165) is 56.2 Å². The zero-order valence-corrected chi connectivity index (χ0v) is 19.7. The zero-order valence-electron chi connectivity index (χ0n) is 19.7. The van der Waals surface area contributed by atoms with Crippen LogP contribution >= 0.6 is 0 Å². The molecule has 2 saturated carbocycles. The normalized spacial score (nSPS) is 27.6. The number of likely N-dealkylation sites (tertiary alicyclic amines) is 1. The quantitative estimate of drug-likeness (QED) is 0.344. The molecular formula is C28H37N3O2. The van der Waals surface area contributed by atoms with Crippen LogP contribution in [0.1, 0.15) is 36.8 Å². The summed E-state index contributed by atoms with van der Waals surface area (Å²) in [6, 6.07) is 20.6. The number of rotatable bonds is 9. The zero-order chi connectivity index (χ0) is 22.8. The minimum atomic E-state index is -1.20. The van der Waals surface area contributed by atoms with Gasteiger partial charge in [-0.3, -0.25) is 4.90 Å². The lowest BCUT2D eigenvalue weighted by molar-refractivity contribution is 0.0401. The number of hydrogen-bond acceptors (Lipinski definition) is 5. The highest BCUT2D eigenvalue weighted by atomic mass is 16.4. The third-order valence-electron chi connectivity index (χ3n) is 8.36. The molecule has 1 saturated heterocycles. The van der Waals surface area contributed by atoms with Crippen molar-refractivity contribution in [2.24, 2.45) is 28.8 Å². The Bertz CT molecular complexity index is 932. The Morgan fingerprint density at radius 1 is 1.00 bits per heavy atom. The van der Waals surface area contributed by atoms with Gasteiger partial charge in [0.15, 0.2) is 0 Å². The molecule has 2 aromatic rings. The van der Waals surface area contributed by atoms with E-state index in [0.29, 0.717) is 18.2 Å². The number of benzene rings is 2. The third kappa shape index (κ3) is 4.59. The first kappa shape index (κ1) is 22.6. The van der Waals surface area contributed by atoms with Gasteiger partial charge in [-0.1, -0.05) is 78.7 Å². The van der Waals surface area contributed by atoms with Crippen LogP contribution in [0.2, 0.25) is 0 Å². The average Bonchev–Trinajstić information content (AvgIpc) is 3.26. The van der Waals surface area contributed by atoms with E-state index in [-0.39, 0.29) is 5.92 Å². The van der Waals surface area contributed by atoms with Gasteiger partial charge in [0.1, 0.15) is 11.3 Å². The second-order valence-electron chi connectivity index (χ2n) is 10.5. The number of nitrogens with zero attached hydrogens (tertiary/aromatic N) is 3. The molecule has 5 rings (SSSR count). The molecule has 176 valence electrons. The molecule has 3 unspecified atom stereocenters. The van der Waals surface area contributed by atoms with Gasteiger partial charge in [0.25, 0.3) is 0 Å². The summed E-state index contributed by atoms with van der Waals surface area (Å²) in [6.45, 7) is 4.87. The van der Waals surface area contributed by atoms with E-state index >= 15 is 0 Å². The summed E-state index contributed by atoms with van der Waals surface area (Å²) in [5.74, 6) is 2.35. The van der Waals surface area contributed by atoms with Crippen molar-refractivity contribution in [3.63, 3.8) is 0 Å². The molecule has 2 aromatic carbocycles. The van der Waals surface area contributed by atoms with E-state index < -0.39 is 5.60 Å². The van der Waals surface area contributed by atoms with E-state index in [1.165, 1.54) is 18.7 Å². The van der Waals surface area contributed by atoms with Crippen molar-refractivity contribution in [3.05, 3.63) is 71.8 Å². The van der Waals surface area contributed by atoms with Gasteiger partial charge in [0.2, 0.25) is 0 Å². The van der Waals surface area contributed by atoms with Crippen molar-refractivity contribution in [2.45, 2.75) is 37.8 Å². The van der Waals surface area contributed by atoms with Crippen LogP contribution in [-0.2, 0) is 12.1 Å². The number of fused-ring (bicyclic) bond motifs is 1. The van der Waals surface area contributed by atoms with Gasteiger partial charge in [-0.25, -0.2) is 0 Å². The van der Waals surface area contributed by atoms with Gasteiger partial charge in [-0.15, -0.1) is 0 Å². The predicted molar refractivity (Wildman–Crippen MR) is 131 cm³/mol. The van der Waals surface area contributed by atoms with Gasteiger partial charge in [0, 0.05) is 32.7 Å². The van der Waals surface area contributed by atoms with Crippen LogP contribution in [0.15, 0.2) is 65.8 Å². The topological polar surface area (TPSA) is 59.3 Å². The van der Waals surface area contributed by atoms with E-state index in [1.807, 2.05) is 30.3 Å². The van der Waals surface area contributed by atoms with Gasteiger partial charge < -0.3 is 15.2 Å². The molecule has 5 heteroatoms. The van der Waals surface area contributed by atoms with Crippen molar-refractivity contribution in [3.8, 4) is 0 Å². The van der Waals surface area contributed by atoms with Crippen LogP contribution in [0, 0.1) is 23.7 Å². The maximum atomic E-state index is 12.0. The average molecular weight is 448 g/mol. The molecule has 1 aliphatic heterocycles. The second kappa shape index (κ2) is 9.57. The molecule has 3 aliphatic rings. The highest BCUT2D eigenvalue weighted by Crippen LogP contribution is 2.52. The monoisotopic (exact) mass is 447 g/mol. The molecule has 3 fully saturated rings. The molecule has 3 atom stereocenters. The van der Waals surface area contributed by atoms with Crippen LogP contribution in [0.25, 0.3) is 0 Å². The predicted octanol–water partition coefficient (Wildman–Crippen LogP) is 4.20. The fourth-order valence-electron chi connectivity index (χ4n) is 6.56. The fraction of sp³-hybridized carbons (Fsp3) is 0.536. The minimum absolute atomic E-state index is 0.103. The molecule has 0 bridgehead atoms. The molecule has 0 amide bonds. The Balaban J connectivity index is 1.19. The Labute approximate surface area is 197 Å². The molecule has 2 N–H and O–H groups in total. The van der Waals surface area contributed by atoms with Gasteiger partial charge in [0.05, 0.1) is 0 Å². The lowest BCUT2D eigenvalue weighted by Crippen LogP contribution is -2.47. The molecule has 0 spiro atoms. The first-order chi connectivity index (χ1) is 16.1. The Kier molecular flexibility index (Phi) is 6.55. The van der Waals surface area contributed by atoms with E-state index in [9.17, 15) is 10.3 Å². The van der Waals surface area contributed by atoms with Crippen molar-refractivity contribution in [1.29, 1.82) is 0 Å². The van der Waals surface area contributed by atoms with Crippen molar-refractivity contribution in [1.82, 2.24) is 9.80 Å². The first-order valence-electron chi connectivity index (χ1n) is 12.5. The molecular weight excluding hydrogens is 410 g/mol. The maximum Gasteiger partial charge on any atom is 0.135 e. The largest absolute Gasteiger partial charge is 0.411 e. The van der Waals surface area contributed by atoms with E-state index in [4.69, 9.17) is 0 Å². The summed E-state index contributed by atoms with van der Waals surface area (Å²) in [6.07, 6.45) is 4.19. The van der Waals surface area contributed by atoms with E-state index in [2.05, 4.69) is 52.3 Å². The van der Waals surface area contributed by atoms with Crippen LogP contribution in [0.3, 0.4) is 0 Å². The summed E-state index contributed by atoms with van der Waals surface area (Å²) in [4.78, 5) is 4.83. The number of oxime groups is 1. The third-order valence-corrected chi connectivity index (χ3v) is 8.36. The van der Waals surface area contributed by atoms with Crippen molar-refractivity contribution < 1.29 is 10.3 Å². The Morgan fingerprint density at radius 2 is 1.61 bits per heavy atom. The Hall–Kier alpha value is -2.21. The summed E-state index contributed by atoms with van der Waals surface area (Å²) >= 11 is 0. The van der Waals surface area contributed by atoms with Gasteiger partial charge >= 0.3 is 0 Å². The number of aliphatic hydroxyl groups is 1. The SMILES string of the molecule is CN(CC(=NO)C(O)(c1ccccc1)C1CCCC1)CC1C2CN(Cc3ccccc3)CC12. The minimum Gasteiger partial charge on any atom is -0.411 e. The summed E-state index contributed by atoms with van der Waals surface area (Å²) in [5.41, 5.74) is 1.52. The summed E-state index contributed by atoms with van der Waals surface area (Å²) in [5, 5.41) is 25.7. The molecule has 0 aromatic heterocycles. The smallest absolute Gasteiger partial charge is 0.135 e. The summed E-state index contributed by atoms with van der Waals surface area (Å²) in [7, 11) is 2.10. The Morgan fingerprint density at radius 3 is 2.21 bits per heavy atom. The van der Waals surface area contributed by atoms with Gasteiger partial charge in [-0.2, -0.15) is 0 Å². The lowest BCUT2D eigenvalue weighted by atomic mass is 9.76. The first-order valence-corrected chi connectivity index (χ1v) is 12.5. The van der Waals surface area contributed by atoms with Gasteiger partial charge in [-0.05, 0) is 54.7 Å². The highest BCUT2D eigenvalue weighted by Gasteiger charge is 2.55. The molecule has 1 heterocycles. The van der Waals surface area contributed by atoms with Crippen LogP contribution in [-0.4, -0.2) is 59.1 Å².